The monoisotopic (exact) mass is 312 g/mol. The van der Waals surface area contributed by atoms with E-state index < -0.39 is 0 Å². The van der Waals surface area contributed by atoms with Gasteiger partial charge in [0.15, 0.2) is 0 Å². The molecule has 1 aromatic carbocycles. The molecule has 0 saturated carbocycles. The standard InChI is InChI=1S/C16H20N6O/c1-2-8-17-11-13-9-14(23)22-16(19-13)20-15(21-22)18-10-12-6-4-3-5-7-12/h3-7,9,17H,2,8,10-11H2,1H3,(H2,18,19,20,21). The molecule has 0 saturated heterocycles. The first kappa shape index (κ1) is 15.2. The summed E-state index contributed by atoms with van der Waals surface area (Å²) in [5.74, 6) is 0.901. The molecule has 23 heavy (non-hydrogen) atoms. The third-order valence-corrected chi connectivity index (χ3v) is 3.42. The molecule has 0 radical (unpaired) electrons. The van der Waals surface area contributed by atoms with Crippen LogP contribution in [0.15, 0.2) is 41.2 Å². The molecule has 0 aliphatic heterocycles. The maximum Gasteiger partial charge on any atom is 0.274 e. The van der Waals surface area contributed by atoms with Gasteiger partial charge in [0, 0.05) is 19.2 Å². The fourth-order valence-electron chi connectivity index (χ4n) is 2.27. The Morgan fingerprint density at radius 2 is 2.00 bits per heavy atom. The molecule has 3 N–H and O–H groups in total. The topological polar surface area (TPSA) is 87.1 Å². The summed E-state index contributed by atoms with van der Waals surface area (Å²) in [6, 6.07) is 11.5. The predicted molar refractivity (Wildman–Crippen MR) is 89.4 cm³/mol. The van der Waals surface area contributed by atoms with Gasteiger partial charge in [-0.05, 0) is 18.5 Å². The summed E-state index contributed by atoms with van der Waals surface area (Å²) < 4.78 is 1.34. The first-order valence-electron chi connectivity index (χ1n) is 7.73. The smallest absolute Gasteiger partial charge is 0.274 e. The maximum atomic E-state index is 12.1. The molecule has 2 heterocycles. The van der Waals surface area contributed by atoms with Gasteiger partial charge in [-0.3, -0.25) is 9.89 Å². The van der Waals surface area contributed by atoms with E-state index in [0.29, 0.717) is 30.5 Å². The number of hydrogen-bond donors (Lipinski definition) is 3. The minimum Gasteiger partial charge on any atom is -0.351 e. The Morgan fingerprint density at radius 3 is 2.78 bits per heavy atom. The van der Waals surface area contributed by atoms with Crippen LogP contribution in [0, 0.1) is 0 Å². The average Bonchev–Trinajstić information content (AvgIpc) is 2.98. The molecule has 0 fully saturated rings. The van der Waals surface area contributed by atoms with Crippen LogP contribution in [-0.2, 0) is 13.1 Å². The van der Waals surface area contributed by atoms with Gasteiger partial charge in [-0.25, -0.2) is 4.98 Å². The van der Waals surface area contributed by atoms with E-state index in [1.807, 2.05) is 30.3 Å². The molecule has 0 unspecified atom stereocenters. The normalized spacial score (nSPS) is 11.0. The average molecular weight is 312 g/mol. The highest BCUT2D eigenvalue weighted by Crippen LogP contribution is 2.05. The molecule has 0 spiro atoms. The third-order valence-electron chi connectivity index (χ3n) is 3.42. The Balaban J connectivity index is 1.75. The van der Waals surface area contributed by atoms with Crippen molar-refractivity contribution in [3.05, 3.63) is 58.0 Å². The lowest BCUT2D eigenvalue weighted by Crippen LogP contribution is -2.20. The summed E-state index contributed by atoms with van der Waals surface area (Å²) in [6.07, 6.45) is 1.04. The van der Waals surface area contributed by atoms with Crippen molar-refractivity contribution in [1.29, 1.82) is 0 Å². The second-order valence-electron chi connectivity index (χ2n) is 5.31. The number of nitrogens with one attached hydrogen (secondary N) is 3. The maximum absolute atomic E-state index is 12.1. The number of nitrogens with zero attached hydrogens (tertiary/aromatic N) is 3. The van der Waals surface area contributed by atoms with Crippen molar-refractivity contribution >= 4 is 11.7 Å². The Morgan fingerprint density at radius 1 is 1.17 bits per heavy atom. The lowest BCUT2D eigenvalue weighted by molar-refractivity contribution is 0.661. The number of hydrogen-bond acceptors (Lipinski definition) is 5. The summed E-state index contributed by atoms with van der Waals surface area (Å²) in [4.78, 5) is 20.9. The van der Waals surface area contributed by atoms with Gasteiger partial charge < -0.3 is 10.6 Å². The molecular formula is C16H20N6O. The van der Waals surface area contributed by atoms with E-state index in [-0.39, 0.29) is 5.56 Å². The van der Waals surface area contributed by atoms with Crippen LogP contribution in [0.2, 0.25) is 0 Å². The number of H-pyrrole nitrogens is 1. The van der Waals surface area contributed by atoms with Crippen LogP contribution in [0.3, 0.4) is 0 Å². The van der Waals surface area contributed by atoms with Crippen LogP contribution in [0.5, 0.6) is 0 Å². The van der Waals surface area contributed by atoms with Crippen LogP contribution >= 0.6 is 0 Å². The summed E-state index contributed by atoms with van der Waals surface area (Å²) in [7, 11) is 0. The largest absolute Gasteiger partial charge is 0.351 e. The predicted octanol–water partition coefficient (Wildman–Crippen LogP) is 1.53. The van der Waals surface area contributed by atoms with E-state index in [2.05, 4.69) is 32.6 Å². The Kier molecular flexibility index (Phi) is 4.68. The van der Waals surface area contributed by atoms with Crippen LogP contribution < -0.4 is 16.2 Å². The number of anilines is 1. The zero-order valence-corrected chi connectivity index (χ0v) is 13.0. The fourth-order valence-corrected chi connectivity index (χ4v) is 2.27. The van der Waals surface area contributed by atoms with Crippen molar-refractivity contribution in [2.24, 2.45) is 0 Å². The molecule has 3 aromatic rings. The summed E-state index contributed by atoms with van der Waals surface area (Å²) in [5, 5.41) is 9.33. The Bertz CT molecular complexity index is 823. The molecule has 0 bridgehead atoms. The summed E-state index contributed by atoms with van der Waals surface area (Å²) in [5.41, 5.74) is 1.67. The Labute approximate surface area is 133 Å². The van der Waals surface area contributed by atoms with Gasteiger partial charge in [0.05, 0.1) is 5.69 Å². The quantitative estimate of drug-likeness (QED) is 0.576. The first-order valence-corrected chi connectivity index (χ1v) is 7.73. The molecule has 7 heteroatoms. The van der Waals surface area contributed by atoms with Crippen molar-refractivity contribution in [2.75, 3.05) is 11.9 Å². The van der Waals surface area contributed by atoms with Crippen LogP contribution in [0.4, 0.5) is 5.95 Å². The lowest BCUT2D eigenvalue weighted by Gasteiger charge is -2.01. The summed E-state index contributed by atoms with van der Waals surface area (Å²) in [6.45, 7) is 4.18. The highest BCUT2D eigenvalue weighted by molar-refractivity contribution is 5.37. The number of aromatic nitrogens is 4. The fraction of sp³-hybridized carbons (Fsp3) is 0.312. The van der Waals surface area contributed by atoms with Crippen LogP contribution in [0.1, 0.15) is 24.6 Å². The van der Waals surface area contributed by atoms with E-state index in [1.165, 1.54) is 10.6 Å². The van der Waals surface area contributed by atoms with Crippen LogP contribution in [0.25, 0.3) is 5.78 Å². The van der Waals surface area contributed by atoms with Gasteiger partial charge in [0.25, 0.3) is 11.3 Å². The van der Waals surface area contributed by atoms with Gasteiger partial charge in [-0.15, -0.1) is 0 Å². The molecule has 0 amide bonds. The van der Waals surface area contributed by atoms with Gasteiger partial charge in [-0.2, -0.15) is 9.50 Å². The molecule has 120 valence electrons. The van der Waals surface area contributed by atoms with Gasteiger partial charge in [0.1, 0.15) is 0 Å². The van der Waals surface area contributed by atoms with Crippen molar-refractivity contribution in [3.63, 3.8) is 0 Å². The molecule has 2 aromatic heterocycles. The first-order chi connectivity index (χ1) is 11.3. The van der Waals surface area contributed by atoms with Crippen molar-refractivity contribution in [2.45, 2.75) is 26.4 Å². The third kappa shape index (κ3) is 3.75. The molecule has 7 nitrogen and oxygen atoms in total. The molecule has 3 rings (SSSR count). The second kappa shape index (κ2) is 7.06. The zero-order valence-electron chi connectivity index (χ0n) is 13.0. The second-order valence-corrected chi connectivity index (χ2v) is 5.31. The number of rotatable bonds is 7. The van der Waals surface area contributed by atoms with Crippen LogP contribution in [-0.4, -0.2) is 26.1 Å². The van der Waals surface area contributed by atoms with Crippen molar-refractivity contribution in [3.8, 4) is 0 Å². The van der Waals surface area contributed by atoms with Gasteiger partial charge in [-0.1, -0.05) is 37.3 Å². The van der Waals surface area contributed by atoms with E-state index in [1.54, 1.807) is 0 Å². The van der Waals surface area contributed by atoms with E-state index in [4.69, 9.17) is 0 Å². The molecule has 0 atom stereocenters. The number of aromatic amines is 1. The Hall–Kier alpha value is -2.67. The number of benzene rings is 1. The highest BCUT2D eigenvalue weighted by Gasteiger charge is 2.07. The van der Waals surface area contributed by atoms with Crippen molar-refractivity contribution < 1.29 is 0 Å². The molecule has 0 aliphatic rings. The summed E-state index contributed by atoms with van der Waals surface area (Å²) >= 11 is 0. The van der Waals surface area contributed by atoms with Gasteiger partial charge >= 0.3 is 0 Å². The van der Waals surface area contributed by atoms with Gasteiger partial charge in [0.2, 0.25) is 5.95 Å². The zero-order chi connectivity index (χ0) is 16.1. The molecular weight excluding hydrogens is 292 g/mol. The minimum absolute atomic E-state index is 0.163. The SMILES string of the molecule is CCCNCc1cc(=O)n2[nH]c(NCc3ccccc3)nc2n1. The lowest BCUT2D eigenvalue weighted by atomic mass is 10.2. The van der Waals surface area contributed by atoms with Crippen molar-refractivity contribution in [1.82, 2.24) is 24.9 Å². The minimum atomic E-state index is -0.163. The van der Waals surface area contributed by atoms with E-state index in [9.17, 15) is 4.79 Å². The van der Waals surface area contributed by atoms with E-state index in [0.717, 1.165) is 18.5 Å². The van der Waals surface area contributed by atoms with E-state index >= 15 is 0 Å². The molecule has 0 aliphatic carbocycles. The number of fused-ring (bicyclic) bond motifs is 1. The highest BCUT2D eigenvalue weighted by atomic mass is 16.1.